The van der Waals surface area contributed by atoms with Crippen molar-refractivity contribution in [2.45, 2.75) is 32.5 Å². The average molecular weight is 334 g/mol. The van der Waals surface area contributed by atoms with Crippen LogP contribution in [-0.4, -0.2) is 41.1 Å². The second-order valence-electron chi connectivity index (χ2n) is 6.73. The van der Waals surface area contributed by atoms with E-state index in [-0.39, 0.29) is 18.1 Å². The topological polar surface area (TPSA) is 42.4 Å². The van der Waals surface area contributed by atoms with Gasteiger partial charge < -0.3 is 9.64 Å². The van der Waals surface area contributed by atoms with Crippen molar-refractivity contribution in [3.8, 4) is 0 Å². The third kappa shape index (κ3) is 2.87. The summed E-state index contributed by atoms with van der Waals surface area (Å²) in [4.78, 5) is 19.7. The molecule has 4 heteroatoms. The van der Waals surface area contributed by atoms with E-state index in [0.29, 0.717) is 18.7 Å². The third-order valence-corrected chi connectivity index (χ3v) is 4.91. The number of fused-ring (bicyclic) bond motifs is 3. The molecule has 1 aliphatic rings. The molecule has 0 spiro atoms. The highest BCUT2D eigenvalue weighted by atomic mass is 16.5. The van der Waals surface area contributed by atoms with Gasteiger partial charge in [0.05, 0.1) is 23.3 Å². The number of amides is 1. The van der Waals surface area contributed by atoms with Crippen molar-refractivity contribution >= 4 is 27.6 Å². The lowest BCUT2D eigenvalue weighted by Crippen LogP contribution is -2.49. The Bertz CT molecular complexity index is 937. The first-order valence-electron chi connectivity index (χ1n) is 8.88. The minimum absolute atomic E-state index is 0.0445. The summed E-state index contributed by atoms with van der Waals surface area (Å²) in [6, 6.07) is 14.1. The molecule has 128 valence electrons. The van der Waals surface area contributed by atoms with Crippen LogP contribution in [0.15, 0.2) is 48.7 Å². The predicted molar refractivity (Wildman–Crippen MR) is 99.8 cm³/mol. The van der Waals surface area contributed by atoms with Gasteiger partial charge in [-0.2, -0.15) is 0 Å². The Kier molecular flexibility index (Phi) is 4.14. The molecule has 0 saturated carbocycles. The molecule has 0 aliphatic carbocycles. The molecular weight excluding hydrogens is 312 g/mol. The van der Waals surface area contributed by atoms with E-state index < -0.39 is 0 Å². The molecule has 1 saturated heterocycles. The Hall–Kier alpha value is -2.46. The summed E-state index contributed by atoms with van der Waals surface area (Å²) in [6.07, 6.45) is 2.82. The largest absolute Gasteiger partial charge is 0.372 e. The van der Waals surface area contributed by atoms with E-state index >= 15 is 0 Å². The first-order valence-corrected chi connectivity index (χ1v) is 8.88. The highest BCUT2D eigenvalue weighted by Gasteiger charge is 2.29. The minimum atomic E-state index is 0.0445. The Balaban J connectivity index is 1.83. The van der Waals surface area contributed by atoms with Crippen molar-refractivity contribution in [2.75, 3.05) is 13.1 Å². The lowest BCUT2D eigenvalue weighted by atomic mass is 9.99. The van der Waals surface area contributed by atoms with Crippen molar-refractivity contribution in [1.82, 2.24) is 9.88 Å². The van der Waals surface area contributed by atoms with Crippen LogP contribution < -0.4 is 0 Å². The summed E-state index contributed by atoms with van der Waals surface area (Å²) >= 11 is 0. The van der Waals surface area contributed by atoms with Crippen molar-refractivity contribution in [3.05, 3.63) is 54.2 Å². The van der Waals surface area contributed by atoms with Crippen LogP contribution in [0.3, 0.4) is 0 Å². The van der Waals surface area contributed by atoms with Crippen LogP contribution in [0.5, 0.6) is 0 Å². The van der Waals surface area contributed by atoms with Crippen molar-refractivity contribution in [2.24, 2.45) is 0 Å². The number of morpholine rings is 1. The monoisotopic (exact) mass is 334 g/mol. The standard InChI is InChI=1S/C21H22N2O2/c1-3-16-13-23(12-14(2)25-16)21(24)19-11-15-7-4-5-8-17(15)18-9-6-10-22-20(18)19/h4-11,14,16H,3,12-13H2,1-2H3/t14-,16-/m1/s1. The summed E-state index contributed by atoms with van der Waals surface area (Å²) in [6.45, 7) is 5.38. The van der Waals surface area contributed by atoms with Crippen molar-refractivity contribution in [3.63, 3.8) is 0 Å². The predicted octanol–water partition coefficient (Wildman–Crippen LogP) is 4.03. The molecule has 4 nitrogen and oxygen atoms in total. The van der Waals surface area contributed by atoms with Crippen molar-refractivity contribution in [1.29, 1.82) is 0 Å². The molecule has 4 rings (SSSR count). The Morgan fingerprint density at radius 3 is 2.84 bits per heavy atom. The van der Waals surface area contributed by atoms with Gasteiger partial charge in [0.1, 0.15) is 0 Å². The van der Waals surface area contributed by atoms with E-state index in [4.69, 9.17) is 4.74 Å². The Morgan fingerprint density at radius 1 is 1.20 bits per heavy atom. The van der Waals surface area contributed by atoms with Gasteiger partial charge in [0, 0.05) is 24.7 Å². The van der Waals surface area contributed by atoms with Crippen LogP contribution in [0.2, 0.25) is 0 Å². The summed E-state index contributed by atoms with van der Waals surface area (Å²) in [5.74, 6) is 0.0445. The molecule has 2 heterocycles. The van der Waals surface area contributed by atoms with Crippen LogP contribution in [0.1, 0.15) is 30.6 Å². The first-order chi connectivity index (χ1) is 12.2. The molecule has 0 unspecified atom stereocenters. The minimum Gasteiger partial charge on any atom is -0.372 e. The number of hydrogen-bond acceptors (Lipinski definition) is 3. The number of pyridine rings is 1. The number of carbonyl (C=O) groups excluding carboxylic acids is 1. The van der Waals surface area contributed by atoms with Gasteiger partial charge in [-0.1, -0.05) is 37.3 Å². The van der Waals surface area contributed by atoms with Gasteiger partial charge in [0.2, 0.25) is 0 Å². The zero-order valence-corrected chi connectivity index (χ0v) is 14.6. The maximum absolute atomic E-state index is 13.3. The number of nitrogens with zero attached hydrogens (tertiary/aromatic N) is 2. The third-order valence-electron chi connectivity index (χ3n) is 4.91. The van der Waals surface area contributed by atoms with Crippen molar-refractivity contribution < 1.29 is 9.53 Å². The summed E-state index contributed by atoms with van der Waals surface area (Å²) in [5.41, 5.74) is 1.46. The highest BCUT2D eigenvalue weighted by molar-refractivity contribution is 6.15. The zero-order valence-electron chi connectivity index (χ0n) is 14.6. The molecule has 1 aliphatic heterocycles. The summed E-state index contributed by atoms with van der Waals surface area (Å²) in [5, 5.41) is 3.22. The maximum Gasteiger partial charge on any atom is 0.256 e. The fourth-order valence-corrected chi connectivity index (χ4v) is 3.70. The molecule has 0 radical (unpaired) electrons. The number of carbonyl (C=O) groups is 1. The molecule has 2 aromatic carbocycles. The normalized spacial score (nSPS) is 21.0. The van der Waals surface area contributed by atoms with Gasteiger partial charge in [-0.05, 0) is 36.2 Å². The number of ether oxygens (including phenoxy) is 1. The summed E-state index contributed by atoms with van der Waals surface area (Å²) in [7, 11) is 0. The van der Waals surface area contributed by atoms with Crippen LogP contribution in [-0.2, 0) is 4.74 Å². The average Bonchev–Trinajstić information content (AvgIpc) is 2.66. The van der Waals surface area contributed by atoms with Crippen LogP contribution in [0.4, 0.5) is 0 Å². The maximum atomic E-state index is 13.3. The van der Waals surface area contributed by atoms with Gasteiger partial charge in [0.25, 0.3) is 5.91 Å². The van der Waals surface area contributed by atoms with Gasteiger partial charge in [-0.25, -0.2) is 0 Å². The quantitative estimate of drug-likeness (QED) is 0.665. The number of hydrogen-bond donors (Lipinski definition) is 0. The lowest BCUT2D eigenvalue weighted by molar-refractivity contribution is -0.0680. The molecule has 0 bridgehead atoms. The van der Waals surface area contributed by atoms with Crippen LogP contribution in [0.25, 0.3) is 21.7 Å². The zero-order chi connectivity index (χ0) is 17.4. The van der Waals surface area contributed by atoms with E-state index in [9.17, 15) is 4.79 Å². The SMILES string of the molecule is CC[C@@H]1CN(C(=O)c2cc3ccccc3c3cccnc23)C[C@@H](C)O1. The van der Waals surface area contributed by atoms with Gasteiger partial charge in [-0.3, -0.25) is 9.78 Å². The fourth-order valence-electron chi connectivity index (χ4n) is 3.70. The van der Waals surface area contributed by atoms with Crippen LogP contribution >= 0.6 is 0 Å². The van der Waals surface area contributed by atoms with Crippen LogP contribution in [0, 0.1) is 0 Å². The van der Waals surface area contributed by atoms with E-state index in [0.717, 1.165) is 28.1 Å². The summed E-state index contributed by atoms with van der Waals surface area (Å²) < 4.78 is 5.90. The number of aromatic nitrogens is 1. The van der Waals surface area contributed by atoms with Gasteiger partial charge in [-0.15, -0.1) is 0 Å². The molecule has 1 fully saturated rings. The molecule has 2 atom stereocenters. The molecule has 0 N–H and O–H groups in total. The van der Waals surface area contributed by atoms with E-state index in [2.05, 4.69) is 24.0 Å². The Morgan fingerprint density at radius 2 is 2.00 bits per heavy atom. The molecular formula is C21H22N2O2. The second kappa shape index (κ2) is 6.45. The molecule has 25 heavy (non-hydrogen) atoms. The highest BCUT2D eigenvalue weighted by Crippen LogP contribution is 2.28. The molecule has 1 aromatic heterocycles. The smallest absolute Gasteiger partial charge is 0.256 e. The van der Waals surface area contributed by atoms with Gasteiger partial charge in [0.15, 0.2) is 0 Å². The number of benzene rings is 2. The second-order valence-corrected chi connectivity index (χ2v) is 6.73. The molecule has 1 amide bonds. The first kappa shape index (κ1) is 16.0. The fraction of sp³-hybridized carbons (Fsp3) is 0.333. The number of rotatable bonds is 2. The van der Waals surface area contributed by atoms with Gasteiger partial charge >= 0.3 is 0 Å². The van der Waals surface area contributed by atoms with E-state index in [1.807, 2.05) is 42.2 Å². The molecule has 3 aromatic rings. The van der Waals surface area contributed by atoms with E-state index in [1.54, 1.807) is 6.20 Å². The Labute approximate surface area is 147 Å². The van der Waals surface area contributed by atoms with E-state index in [1.165, 1.54) is 0 Å². The lowest BCUT2D eigenvalue weighted by Gasteiger charge is -2.36.